The van der Waals surface area contributed by atoms with E-state index in [2.05, 4.69) is 23.3 Å². The summed E-state index contributed by atoms with van der Waals surface area (Å²) in [4.78, 5) is 4.21. The Balaban J connectivity index is 1.77. The molecule has 3 heteroatoms. The lowest BCUT2D eigenvalue weighted by atomic mass is 9.82. The summed E-state index contributed by atoms with van der Waals surface area (Å²) in [6, 6.07) is 4.03. The summed E-state index contributed by atoms with van der Waals surface area (Å²) >= 11 is 0. The van der Waals surface area contributed by atoms with E-state index in [0.717, 1.165) is 36.4 Å². The summed E-state index contributed by atoms with van der Waals surface area (Å²) in [6.07, 6.45) is 7.32. The largest absolute Gasteiger partial charge is 0.481 e. The fourth-order valence-electron chi connectivity index (χ4n) is 2.90. The minimum atomic E-state index is 0.738. The topological polar surface area (TPSA) is 34.1 Å². The number of rotatable bonds is 5. The van der Waals surface area contributed by atoms with E-state index in [1.807, 2.05) is 6.07 Å². The maximum atomic E-state index is 5.25. The molecule has 0 bridgehead atoms. The Kier molecular flexibility index (Phi) is 5.00. The third-order valence-corrected chi connectivity index (χ3v) is 3.84. The summed E-state index contributed by atoms with van der Waals surface area (Å²) in [5.41, 5.74) is 1.14. The lowest BCUT2D eigenvalue weighted by molar-refractivity contribution is 0.273. The van der Waals surface area contributed by atoms with Crippen molar-refractivity contribution in [2.75, 3.05) is 13.7 Å². The summed E-state index contributed by atoms with van der Waals surface area (Å²) in [6.45, 7) is 4.33. The molecule has 1 heterocycles. The number of hydrogen-bond acceptors (Lipinski definition) is 3. The molecule has 1 aromatic heterocycles. The van der Waals surface area contributed by atoms with Gasteiger partial charge in [-0.25, -0.2) is 4.98 Å². The summed E-state index contributed by atoms with van der Waals surface area (Å²) in [7, 11) is 1.68. The zero-order valence-electron chi connectivity index (χ0n) is 11.5. The van der Waals surface area contributed by atoms with E-state index in [9.17, 15) is 0 Å². The second-order valence-corrected chi connectivity index (χ2v) is 5.44. The van der Waals surface area contributed by atoms with Gasteiger partial charge >= 0.3 is 0 Å². The molecule has 0 amide bonds. The normalized spacial score (nSPS) is 23.9. The van der Waals surface area contributed by atoms with Crippen LogP contribution in [0.15, 0.2) is 18.3 Å². The highest BCUT2D eigenvalue weighted by molar-refractivity contribution is 5.24. The third-order valence-electron chi connectivity index (χ3n) is 3.84. The highest BCUT2D eigenvalue weighted by atomic mass is 16.5. The van der Waals surface area contributed by atoms with Crippen LogP contribution in [0, 0.1) is 11.8 Å². The molecule has 3 nitrogen and oxygen atoms in total. The molecule has 2 atom stereocenters. The van der Waals surface area contributed by atoms with Crippen LogP contribution in [0.3, 0.4) is 0 Å². The van der Waals surface area contributed by atoms with Gasteiger partial charge < -0.3 is 10.1 Å². The molecule has 1 aromatic rings. The van der Waals surface area contributed by atoms with E-state index in [-0.39, 0.29) is 0 Å². The van der Waals surface area contributed by atoms with Crippen LogP contribution in [-0.2, 0) is 6.54 Å². The molecule has 1 N–H and O–H groups in total. The molecule has 100 valence electrons. The van der Waals surface area contributed by atoms with Crippen LogP contribution in [0.1, 0.15) is 38.2 Å². The molecular formula is C15H24N2O. The van der Waals surface area contributed by atoms with E-state index >= 15 is 0 Å². The van der Waals surface area contributed by atoms with E-state index in [0.29, 0.717) is 0 Å². The van der Waals surface area contributed by atoms with Crippen LogP contribution < -0.4 is 10.1 Å². The highest BCUT2D eigenvalue weighted by Gasteiger charge is 2.18. The Bertz CT molecular complexity index is 367. The number of aromatic nitrogens is 1. The van der Waals surface area contributed by atoms with Gasteiger partial charge in [-0.2, -0.15) is 0 Å². The molecule has 0 aromatic carbocycles. The lowest BCUT2D eigenvalue weighted by Gasteiger charge is -2.26. The Morgan fingerprint density at radius 3 is 3.11 bits per heavy atom. The van der Waals surface area contributed by atoms with Crippen molar-refractivity contribution >= 4 is 0 Å². The van der Waals surface area contributed by atoms with Crippen LogP contribution >= 0.6 is 0 Å². The molecule has 0 spiro atoms. The molecular weight excluding hydrogens is 224 g/mol. The van der Waals surface area contributed by atoms with Gasteiger partial charge in [-0.05, 0) is 37.3 Å². The van der Waals surface area contributed by atoms with Gasteiger partial charge in [0.05, 0.1) is 7.11 Å². The minimum Gasteiger partial charge on any atom is -0.481 e. The minimum absolute atomic E-state index is 0.738. The fraction of sp³-hybridized carbons (Fsp3) is 0.667. The lowest BCUT2D eigenvalue weighted by Crippen LogP contribution is -2.26. The van der Waals surface area contributed by atoms with E-state index < -0.39 is 0 Å². The third kappa shape index (κ3) is 3.70. The van der Waals surface area contributed by atoms with Crippen LogP contribution in [-0.4, -0.2) is 18.6 Å². The molecule has 1 aliphatic carbocycles. The van der Waals surface area contributed by atoms with Crippen molar-refractivity contribution < 1.29 is 4.74 Å². The number of nitrogens with one attached hydrogen (secondary N) is 1. The first-order valence-corrected chi connectivity index (χ1v) is 6.98. The molecule has 1 aliphatic rings. The van der Waals surface area contributed by atoms with Crippen molar-refractivity contribution in [3.8, 4) is 5.88 Å². The molecule has 2 unspecified atom stereocenters. The maximum absolute atomic E-state index is 5.25. The number of nitrogens with zero attached hydrogens (tertiary/aromatic N) is 1. The second-order valence-electron chi connectivity index (χ2n) is 5.44. The van der Waals surface area contributed by atoms with Crippen LogP contribution in [0.4, 0.5) is 0 Å². The maximum Gasteiger partial charge on any atom is 0.217 e. The highest BCUT2D eigenvalue weighted by Crippen LogP contribution is 2.28. The molecule has 0 radical (unpaired) electrons. The van der Waals surface area contributed by atoms with Crippen molar-refractivity contribution in [3.05, 3.63) is 23.9 Å². The van der Waals surface area contributed by atoms with E-state index in [4.69, 9.17) is 4.74 Å². The first-order valence-electron chi connectivity index (χ1n) is 6.98. The zero-order chi connectivity index (χ0) is 12.8. The van der Waals surface area contributed by atoms with Crippen molar-refractivity contribution in [2.24, 2.45) is 11.8 Å². The summed E-state index contributed by atoms with van der Waals surface area (Å²) in [5.74, 6) is 2.48. The SMILES string of the molecule is COc1ncccc1CNCC1CCCC(C)C1. The van der Waals surface area contributed by atoms with E-state index in [1.165, 1.54) is 25.7 Å². The smallest absolute Gasteiger partial charge is 0.217 e. The Morgan fingerprint density at radius 2 is 2.33 bits per heavy atom. The predicted molar refractivity (Wildman–Crippen MR) is 73.6 cm³/mol. The van der Waals surface area contributed by atoms with Gasteiger partial charge in [0.2, 0.25) is 5.88 Å². The number of pyridine rings is 1. The van der Waals surface area contributed by atoms with Crippen LogP contribution in [0.5, 0.6) is 5.88 Å². The average Bonchev–Trinajstić information content (AvgIpc) is 2.39. The first-order chi connectivity index (χ1) is 8.79. The van der Waals surface area contributed by atoms with Gasteiger partial charge in [0, 0.05) is 18.3 Å². The summed E-state index contributed by atoms with van der Waals surface area (Å²) < 4.78 is 5.25. The Hall–Kier alpha value is -1.09. The van der Waals surface area contributed by atoms with Crippen molar-refractivity contribution in [2.45, 2.75) is 39.2 Å². The van der Waals surface area contributed by atoms with Gasteiger partial charge in [-0.15, -0.1) is 0 Å². The van der Waals surface area contributed by atoms with E-state index in [1.54, 1.807) is 13.3 Å². The number of hydrogen-bond donors (Lipinski definition) is 1. The molecule has 0 aliphatic heterocycles. The monoisotopic (exact) mass is 248 g/mol. The van der Waals surface area contributed by atoms with Crippen molar-refractivity contribution in [1.29, 1.82) is 0 Å². The summed E-state index contributed by atoms with van der Waals surface area (Å²) in [5, 5.41) is 3.55. The van der Waals surface area contributed by atoms with Crippen LogP contribution in [0.2, 0.25) is 0 Å². The van der Waals surface area contributed by atoms with Gasteiger partial charge in [0.1, 0.15) is 0 Å². The van der Waals surface area contributed by atoms with Gasteiger partial charge in [-0.3, -0.25) is 0 Å². The molecule has 18 heavy (non-hydrogen) atoms. The first kappa shape index (κ1) is 13.3. The quantitative estimate of drug-likeness (QED) is 0.869. The molecule has 2 rings (SSSR count). The molecule has 1 saturated carbocycles. The van der Waals surface area contributed by atoms with Crippen molar-refractivity contribution in [1.82, 2.24) is 10.3 Å². The van der Waals surface area contributed by atoms with Gasteiger partial charge in [0.25, 0.3) is 0 Å². The predicted octanol–water partition coefficient (Wildman–Crippen LogP) is 3.01. The molecule has 0 saturated heterocycles. The molecule has 1 fully saturated rings. The van der Waals surface area contributed by atoms with Crippen molar-refractivity contribution in [3.63, 3.8) is 0 Å². The number of methoxy groups -OCH3 is 1. The van der Waals surface area contributed by atoms with Gasteiger partial charge in [-0.1, -0.05) is 25.8 Å². The van der Waals surface area contributed by atoms with Crippen LogP contribution in [0.25, 0.3) is 0 Å². The number of ether oxygens (including phenoxy) is 1. The Labute approximate surface area is 110 Å². The van der Waals surface area contributed by atoms with Gasteiger partial charge in [0.15, 0.2) is 0 Å². The standard InChI is InChI=1S/C15H24N2O/c1-12-5-3-6-13(9-12)10-16-11-14-7-4-8-17-15(14)18-2/h4,7-8,12-13,16H,3,5-6,9-11H2,1-2H3. The average molecular weight is 248 g/mol. The Morgan fingerprint density at radius 1 is 1.44 bits per heavy atom. The second kappa shape index (κ2) is 6.74. The zero-order valence-corrected chi connectivity index (χ0v) is 11.5. The fourth-order valence-corrected chi connectivity index (χ4v) is 2.90.